The number of amides is 2. The number of halogens is 1. The number of hydrogen-bond donors (Lipinski definition) is 1. The van der Waals surface area contributed by atoms with Gasteiger partial charge in [-0.25, -0.2) is 4.90 Å². The van der Waals surface area contributed by atoms with Crippen LogP contribution in [-0.4, -0.2) is 34.6 Å². The number of ether oxygens (including phenoxy) is 1. The van der Waals surface area contributed by atoms with E-state index < -0.39 is 16.8 Å². The molecule has 8 nitrogen and oxygen atoms in total. The lowest BCUT2D eigenvalue weighted by molar-refractivity contribution is -0.384. The Hall–Kier alpha value is -3.49. The van der Waals surface area contributed by atoms with Crippen LogP contribution in [0.1, 0.15) is 52.0 Å². The number of phenols is 1. The van der Waals surface area contributed by atoms with Crippen molar-refractivity contribution in [2.24, 2.45) is 23.7 Å². The highest BCUT2D eigenvalue weighted by atomic mass is 35.5. The molecule has 0 bridgehead atoms. The maximum absolute atomic E-state index is 13.7. The highest BCUT2D eigenvalue weighted by Crippen LogP contribution is 2.52. The van der Waals surface area contributed by atoms with Crippen LogP contribution in [0, 0.1) is 33.8 Å². The molecule has 1 aliphatic carbocycles. The zero-order valence-corrected chi connectivity index (χ0v) is 23.6. The van der Waals surface area contributed by atoms with Gasteiger partial charge in [-0.2, -0.15) is 0 Å². The number of nitrogens with zero attached hydrogens (tertiary/aromatic N) is 2. The van der Waals surface area contributed by atoms with Gasteiger partial charge in [0.05, 0.1) is 40.2 Å². The van der Waals surface area contributed by atoms with E-state index in [4.69, 9.17) is 16.3 Å². The van der Waals surface area contributed by atoms with E-state index in [1.54, 1.807) is 18.2 Å². The van der Waals surface area contributed by atoms with Gasteiger partial charge in [0.2, 0.25) is 11.8 Å². The zero-order chi connectivity index (χ0) is 28.7. The van der Waals surface area contributed by atoms with Gasteiger partial charge in [-0.15, -0.1) is 0 Å². The highest BCUT2D eigenvalue weighted by Gasteiger charge is 2.57. The van der Waals surface area contributed by atoms with Crippen molar-refractivity contribution < 1.29 is 24.4 Å². The topological polar surface area (TPSA) is 110 Å². The molecule has 0 spiro atoms. The summed E-state index contributed by atoms with van der Waals surface area (Å²) in [7, 11) is 0. The maximum atomic E-state index is 13.7. The largest absolute Gasteiger partial charge is 0.508 e. The Morgan fingerprint density at radius 3 is 2.65 bits per heavy atom. The number of phenolic OH excluding ortho intramolecular Hbond substituents is 1. The Morgan fingerprint density at radius 2 is 1.98 bits per heavy atom. The molecule has 2 aromatic carbocycles. The summed E-state index contributed by atoms with van der Waals surface area (Å²) < 4.78 is 6.33. The van der Waals surface area contributed by atoms with Crippen LogP contribution >= 0.6 is 11.6 Å². The number of fused-ring (bicyclic) bond motifs is 3. The zero-order valence-electron chi connectivity index (χ0n) is 22.8. The fraction of sp³-hybridized carbons (Fsp3) is 0.419. The Balaban J connectivity index is 1.40. The first-order valence-corrected chi connectivity index (χ1v) is 14.1. The molecule has 2 heterocycles. The molecule has 2 aromatic rings. The third-order valence-electron chi connectivity index (χ3n) is 8.47. The molecule has 9 heteroatoms. The molecule has 2 amide bonds. The summed E-state index contributed by atoms with van der Waals surface area (Å²) in [4.78, 5) is 39.3. The smallest absolute Gasteiger partial charge is 0.271 e. The van der Waals surface area contributed by atoms with Gasteiger partial charge in [0.15, 0.2) is 0 Å². The minimum absolute atomic E-state index is 0.123. The number of carbonyl (C=O) groups excluding carboxylic acids is 2. The first-order valence-electron chi connectivity index (χ1n) is 13.7. The van der Waals surface area contributed by atoms with Gasteiger partial charge in [0.1, 0.15) is 5.75 Å². The lowest BCUT2D eigenvalue weighted by Gasteiger charge is -2.33. The van der Waals surface area contributed by atoms with Crippen molar-refractivity contribution >= 4 is 40.9 Å². The third-order valence-corrected chi connectivity index (χ3v) is 8.79. The summed E-state index contributed by atoms with van der Waals surface area (Å²) in [5, 5.41) is 21.5. The number of rotatable bonds is 8. The van der Waals surface area contributed by atoms with Crippen LogP contribution in [0.5, 0.6) is 5.75 Å². The Bertz CT molecular complexity index is 1430. The average molecular weight is 565 g/mol. The number of nitro benzene ring substituents is 1. The molecule has 4 atom stereocenters. The molecule has 2 saturated heterocycles. The third kappa shape index (κ3) is 5.06. The normalized spacial score (nSPS) is 24.6. The molecular formula is C31H33ClN2O6. The molecule has 1 N–H and O–H groups in total. The summed E-state index contributed by atoms with van der Waals surface area (Å²) in [5.41, 5.74) is 4.46. The standard InChI is InChI=1S/C31H33ClN2O6/c1-4-18(12-19-9-10-22(35)14-26(19)32)8-11-27-28-23(17(2)3)15-24-29(25(28)16-40-27)31(37)33(30(24)36)20-6-5-7-21(13-20)34(38)39/h5-7,9-10,12-14,17,24-25,27,29,35H,4,8,11,15-16H2,1-3H3/b18-12+/t24-,25+,27-,29-/m1/s1. The van der Waals surface area contributed by atoms with Crippen LogP contribution in [0.15, 0.2) is 59.2 Å². The molecule has 0 saturated carbocycles. The van der Waals surface area contributed by atoms with E-state index in [0.717, 1.165) is 35.3 Å². The van der Waals surface area contributed by atoms with Gasteiger partial charge in [-0.05, 0) is 67.0 Å². The van der Waals surface area contributed by atoms with Crippen LogP contribution in [0.25, 0.3) is 6.08 Å². The van der Waals surface area contributed by atoms with Gasteiger partial charge >= 0.3 is 0 Å². The van der Waals surface area contributed by atoms with Gasteiger partial charge in [0.25, 0.3) is 5.69 Å². The Morgan fingerprint density at radius 1 is 1.20 bits per heavy atom. The van der Waals surface area contributed by atoms with Gasteiger partial charge in [-0.3, -0.25) is 19.7 Å². The van der Waals surface area contributed by atoms with Crippen molar-refractivity contribution in [1.82, 2.24) is 0 Å². The van der Waals surface area contributed by atoms with Gasteiger partial charge in [-0.1, -0.05) is 55.7 Å². The maximum Gasteiger partial charge on any atom is 0.271 e. The van der Waals surface area contributed by atoms with E-state index in [2.05, 4.69) is 26.8 Å². The fourth-order valence-corrected chi connectivity index (χ4v) is 6.71. The van der Waals surface area contributed by atoms with Gasteiger partial charge < -0.3 is 9.84 Å². The number of aromatic hydroxyl groups is 1. The monoisotopic (exact) mass is 564 g/mol. The van der Waals surface area contributed by atoms with E-state index in [9.17, 15) is 24.8 Å². The summed E-state index contributed by atoms with van der Waals surface area (Å²) in [6.45, 7) is 6.68. The molecule has 210 valence electrons. The van der Waals surface area contributed by atoms with Crippen molar-refractivity contribution in [2.75, 3.05) is 11.5 Å². The van der Waals surface area contributed by atoms with Crippen LogP contribution in [0.2, 0.25) is 5.02 Å². The first-order chi connectivity index (χ1) is 19.1. The second kappa shape index (κ2) is 11.2. The number of benzene rings is 2. The SMILES string of the molecule is CC/C(=C\c1ccc(O)cc1Cl)CC[C@H]1OC[C@H]2C1=C(C(C)C)C[C@H]1C(=O)N(c3cccc([N+](=O)[O-])c3)C(=O)[C@H]12. The van der Waals surface area contributed by atoms with Crippen molar-refractivity contribution in [2.45, 2.75) is 52.6 Å². The number of non-ortho nitro benzene ring substituents is 1. The number of nitro groups is 1. The molecule has 0 radical (unpaired) electrons. The van der Waals surface area contributed by atoms with Crippen LogP contribution < -0.4 is 4.90 Å². The number of anilines is 1. The second-order valence-electron chi connectivity index (χ2n) is 11.1. The summed E-state index contributed by atoms with van der Waals surface area (Å²) in [5.74, 6) is -1.51. The van der Waals surface area contributed by atoms with Crippen molar-refractivity contribution in [3.8, 4) is 5.75 Å². The number of carbonyl (C=O) groups is 2. The molecule has 40 heavy (non-hydrogen) atoms. The van der Waals surface area contributed by atoms with Crippen LogP contribution in [0.3, 0.4) is 0 Å². The average Bonchev–Trinajstić information content (AvgIpc) is 3.45. The Labute approximate surface area is 238 Å². The number of hydrogen-bond acceptors (Lipinski definition) is 6. The molecular weight excluding hydrogens is 532 g/mol. The molecule has 3 aliphatic rings. The minimum atomic E-state index is -0.536. The van der Waals surface area contributed by atoms with Crippen molar-refractivity contribution in [3.05, 3.63) is 79.9 Å². The molecule has 5 rings (SSSR count). The predicted octanol–water partition coefficient (Wildman–Crippen LogP) is 6.70. The van der Waals surface area contributed by atoms with E-state index in [0.29, 0.717) is 18.1 Å². The van der Waals surface area contributed by atoms with E-state index in [1.165, 1.54) is 35.4 Å². The second-order valence-corrected chi connectivity index (χ2v) is 11.5. The number of imide groups is 1. The van der Waals surface area contributed by atoms with Crippen LogP contribution in [-0.2, 0) is 14.3 Å². The van der Waals surface area contributed by atoms with Crippen LogP contribution in [0.4, 0.5) is 11.4 Å². The molecule has 0 unspecified atom stereocenters. The van der Waals surface area contributed by atoms with Crippen molar-refractivity contribution in [3.63, 3.8) is 0 Å². The van der Waals surface area contributed by atoms with E-state index >= 15 is 0 Å². The fourth-order valence-electron chi connectivity index (χ4n) is 6.48. The lowest BCUT2D eigenvalue weighted by atomic mass is 9.67. The highest BCUT2D eigenvalue weighted by molar-refractivity contribution is 6.32. The first kappa shape index (κ1) is 28.1. The summed E-state index contributed by atoms with van der Waals surface area (Å²) >= 11 is 6.33. The van der Waals surface area contributed by atoms with Crippen molar-refractivity contribution in [1.29, 1.82) is 0 Å². The summed E-state index contributed by atoms with van der Waals surface area (Å²) in [6.07, 6.45) is 4.75. The predicted molar refractivity (Wildman–Crippen MR) is 153 cm³/mol. The molecule has 2 fully saturated rings. The summed E-state index contributed by atoms with van der Waals surface area (Å²) in [6, 6.07) is 10.7. The quantitative estimate of drug-likeness (QED) is 0.165. The Kier molecular flexibility index (Phi) is 7.84. The van der Waals surface area contributed by atoms with Gasteiger partial charge in [0, 0.05) is 18.1 Å². The van der Waals surface area contributed by atoms with E-state index in [1.807, 2.05) is 0 Å². The van der Waals surface area contributed by atoms with E-state index in [-0.39, 0.29) is 46.9 Å². The molecule has 2 aliphatic heterocycles. The number of allylic oxidation sites excluding steroid dienone is 2. The lowest BCUT2D eigenvalue weighted by Crippen LogP contribution is -2.35. The molecule has 0 aromatic heterocycles. The minimum Gasteiger partial charge on any atom is -0.508 e.